The summed E-state index contributed by atoms with van der Waals surface area (Å²) < 4.78 is 5.11. The molecule has 9 heteroatoms. The molecule has 0 saturated heterocycles. The number of carbonyl (C=O) groups excluding carboxylic acids is 1. The molecule has 0 bridgehead atoms. The van der Waals surface area contributed by atoms with Crippen molar-refractivity contribution in [1.82, 2.24) is 25.4 Å². The molecule has 1 amide bonds. The van der Waals surface area contributed by atoms with Gasteiger partial charge in [-0.3, -0.25) is 4.79 Å². The van der Waals surface area contributed by atoms with Gasteiger partial charge in [-0.15, -0.1) is 0 Å². The highest BCUT2D eigenvalue weighted by Gasteiger charge is 2.10. The van der Waals surface area contributed by atoms with Crippen LogP contribution in [0.2, 0.25) is 0 Å². The molecule has 0 unspecified atom stereocenters. The molecule has 0 saturated carbocycles. The number of hydrogen-bond acceptors (Lipinski definition) is 8. The Hall–Kier alpha value is -3.49. The van der Waals surface area contributed by atoms with E-state index in [1.165, 1.54) is 6.33 Å². The predicted molar refractivity (Wildman–Crippen MR) is 105 cm³/mol. The second-order valence-corrected chi connectivity index (χ2v) is 6.21. The van der Waals surface area contributed by atoms with E-state index in [1.807, 2.05) is 32.0 Å². The van der Waals surface area contributed by atoms with E-state index < -0.39 is 0 Å². The van der Waals surface area contributed by atoms with Crippen LogP contribution in [0.3, 0.4) is 0 Å². The lowest BCUT2D eigenvalue weighted by Crippen LogP contribution is -2.29. The van der Waals surface area contributed by atoms with Gasteiger partial charge in [0.25, 0.3) is 0 Å². The molecule has 3 rings (SSSR count). The Labute approximate surface area is 163 Å². The molecule has 28 heavy (non-hydrogen) atoms. The number of hydrogen-bond donors (Lipinski definition) is 3. The van der Waals surface area contributed by atoms with Gasteiger partial charge in [0.05, 0.1) is 5.69 Å². The van der Waals surface area contributed by atoms with Gasteiger partial charge < -0.3 is 20.5 Å². The molecule has 3 aromatic heterocycles. The van der Waals surface area contributed by atoms with Crippen molar-refractivity contribution < 1.29 is 9.32 Å². The van der Waals surface area contributed by atoms with E-state index in [0.29, 0.717) is 43.4 Å². The number of nitrogens with zero attached hydrogens (tertiary/aromatic N) is 4. The fraction of sp³-hybridized carbons (Fsp3) is 0.316. The molecule has 0 radical (unpaired) electrons. The van der Waals surface area contributed by atoms with Gasteiger partial charge in [0.2, 0.25) is 5.91 Å². The minimum absolute atomic E-state index is 0.0120. The number of rotatable bonds is 9. The van der Waals surface area contributed by atoms with E-state index in [4.69, 9.17) is 4.52 Å². The highest BCUT2D eigenvalue weighted by molar-refractivity contribution is 5.76. The maximum Gasteiger partial charge on any atom is 0.220 e. The topological polar surface area (TPSA) is 118 Å². The van der Waals surface area contributed by atoms with Crippen molar-refractivity contribution in [3.63, 3.8) is 0 Å². The zero-order chi connectivity index (χ0) is 19.8. The molecule has 3 heterocycles. The zero-order valence-electron chi connectivity index (χ0n) is 15.9. The summed E-state index contributed by atoms with van der Waals surface area (Å²) in [6.45, 7) is 4.78. The highest BCUT2D eigenvalue weighted by Crippen LogP contribution is 2.14. The van der Waals surface area contributed by atoms with Gasteiger partial charge in [-0.2, -0.15) is 0 Å². The lowest BCUT2D eigenvalue weighted by atomic mass is 10.1. The Morgan fingerprint density at radius 2 is 1.93 bits per heavy atom. The molecule has 146 valence electrons. The number of carbonyl (C=O) groups is 1. The molecule has 0 aliphatic heterocycles. The van der Waals surface area contributed by atoms with E-state index in [-0.39, 0.29) is 5.91 Å². The number of aryl methyl sites for hydroxylation is 2. The molecule has 0 spiro atoms. The maximum absolute atomic E-state index is 12.0. The summed E-state index contributed by atoms with van der Waals surface area (Å²) in [5, 5.41) is 13.1. The maximum atomic E-state index is 12.0. The van der Waals surface area contributed by atoms with Crippen LogP contribution in [0.1, 0.15) is 23.4 Å². The van der Waals surface area contributed by atoms with Crippen molar-refractivity contribution in [2.75, 3.05) is 23.7 Å². The highest BCUT2D eigenvalue weighted by atomic mass is 16.5. The van der Waals surface area contributed by atoms with Crippen LogP contribution in [0, 0.1) is 13.8 Å². The van der Waals surface area contributed by atoms with E-state index in [9.17, 15) is 4.79 Å². The fourth-order valence-corrected chi connectivity index (χ4v) is 2.67. The van der Waals surface area contributed by atoms with Crippen LogP contribution in [0.4, 0.5) is 17.5 Å². The largest absolute Gasteiger partial charge is 0.368 e. The normalized spacial score (nSPS) is 10.5. The summed E-state index contributed by atoms with van der Waals surface area (Å²) in [4.78, 5) is 24.5. The molecule has 0 aliphatic rings. The minimum Gasteiger partial charge on any atom is -0.368 e. The van der Waals surface area contributed by atoms with Gasteiger partial charge in [0.1, 0.15) is 29.5 Å². The van der Waals surface area contributed by atoms with Crippen molar-refractivity contribution in [3.8, 4) is 0 Å². The molecule has 3 aromatic rings. The van der Waals surface area contributed by atoms with E-state index in [2.05, 4.69) is 36.1 Å². The quantitative estimate of drug-likeness (QED) is 0.484. The molecule has 0 aromatic carbocycles. The first kappa shape index (κ1) is 19.3. The predicted octanol–water partition coefficient (Wildman–Crippen LogP) is 2.38. The fourth-order valence-electron chi connectivity index (χ4n) is 2.67. The van der Waals surface area contributed by atoms with Crippen LogP contribution in [0.5, 0.6) is 0 Å². The van der Waals surface area contributed by atoms with Gasteiger partial charge in [-0.05, 0) is 32.4 Å². The molecule has 0 fully saturated rings. The first-order valence-corrected chi connectivity index (χ1v) is 9.04. The van der Waals surface area contributed by atoms with E-state index >= 15 is 0 Å². The van der Waals surface area contributed by atoms with Crippen LogP contribution < -0.4 is 16.0 Å². The van der Waals surface area contributed by atoms with Crippen molar-refractivity contribution >= 4 is 23.4 Å². The van der Waals surface area contributed by atoms with Crippen molar-refractivity contribution in [1.29, 1.82) is 0 Å². The van der Waals surface area contributed by atoms with E-state index in [0.717, 1.165) is 17.0 Å². The number of pyridine rings is 1. The Balaban J connectivity index is 1.39. The van der Waals surface area contributed by atoms with E-state index in [1.54, 1.807) is 12.3 Å². The molecular formula is C19H23N7O2. The average Bonchev–Trinajstić information content (AvgIpc) is 3.02. The number of amides is 1. The minimum atomic E-state index is -0.0120. The van der Waals surface area contributed by atoms with Gasteiger partial charge in [-0.25, -0.2) is 15.0 Å². The van der Waals surface area contributed by atoms with Crippen molar-refractivity contribution in [2.45, 2.75) is 26.7 Å². The number of anilines is 3. The first-order chi connectivity index (χ1) is 13.6. The van der Waals surface area contributed by atoms with Crippen LogP contribution in [-0.2, 0) is 11.2 Å². The smallest absolute Gasteiger partial charge is 0.220 e. The lowest BCUT2D eigenvalue weighted by Gasteiger charge is -2.09. The molecular weight excluding hydrogens is 358 g/mol. The molecule has 9 nitrogen and oxygen atoms in total. The lowest BCUT2D eigenvalue weighted by molar-refractivity contribution is -0.120. The standard InChI is InChI=1S/C19H23N7O2/c1-13-15(14(2)28-26-13)6-7-19(27)22-10-9-21-17-11-18(24-12-23-17)25-16-5-3-4-8-20-16/h3-5,8,11-12H,6-7,9-10H2,1-2H3,(H,22,27)(H2,20,21,23,24,25). The third-order valence-corrected chi connectivity index (χ3v) is 4.12. The van der Waals surface area contributed by atoms with Crippen molar-refractivity contribution in [2.24, 2.45) is 0 Å². The zero-order valence-corrected chi connectivity index (χ0v) is 15.9. The Morgan fingerprint density at radius 1 is 1.07 bits per heavy atom. The van der Waals surface area contributed by atoms with Gasteiger partial charge in [0.15, 0.2) is 0 Å². The molecule has 3 N–H and O–H groups in total. The van der Waals surface area contributed by atoms with Gasteiger partial charge in [0, 0.05) is 37.3 Å². The average molecular weight is 381 g/mol. The summed E-state index contributed by atoms with van der Waals surface area (Å²) in [7, 11) is 0. The SMILES string of the molecule is Cc1noc(C)c1CCC(=O)NCCNc1cc(Nc2ccccn2)ncn1. The Bertz CT molecular complexity index is 892. The van der Waals surface area contributed by atoms with Crippen LogP contribution in [0.25, 0.3) is 0 Å². The van der Waals surface area contributed by atoms with Crippen LogP contribution in [-0.4, -0.2) is 39.1 Å². The second-order valence-electron chi connectivity index (χ2n) is 6.21. The summed E-state index contributed by atoms with van der Waals surface area (Å²) in [5.41, 5.74) is 1.84. The molecule has 0 atom stereocenters. The van der Waals surface area contributed by atoms with Gasteiger partial charge >= 0.3 is 0 Å². The van der Waals surface area contributed by atoms with Crippen molar-refractivity contribution in [3.05, 3.63) is 53.8 Å². The first-order valence-electron chi connectivity index (χ1n) is 9.04. The third kappa shape index (κ3) is 5.50. The number of aromatic nitrogens is 4. The summed E-state index contributed by atoms with van der Waals surface area (Å²) in [6.07, 6.45) is 4.19. The summed E-state index contributed by atoms with van der Waals surface area (Å²) in [5.74, 6) is 2.77. The summed E-state index contributed by atoms with van der Waals surface area (Å²) >= 11 is 0. The van der Waals surface area contributed by atoms with Crippen LogP contribution in [0.15, 0.2) is 41.3 Å². The van der Waals surface area contributed by atoms with Gasteiger partial charge in [-0.1, -0.05) is 11.2 Å². The second kappa shape index (κ2) is 9.45. The Kier molecular flexibility index (Phi) is 6.50. The number of nitrogens with one attached hydrogen (secondary N) is 3. The monoisotopic (exact) mass is 381 g/mol. The third-order valence-electron chi connectivity index (χ3n) is 4.12. The molecule has 0 aliphatic carbocycles. The Morgan fingerprint density at radius 3 is 2.68 bits per heavy atom. The summed E-state index contributed by atoms with van der Waals surface area (Å²) in [6, 6.07) is 7.38. The van der Waals surface area contributed by atoms with Crippen LogP contribution >= 0.6 is 0 Å².